The molecule has 5 heteroatoms. The fourth-order valence-electron chi connectivity index (χ4n) is 3.07. The minimum atomic E-state index is 0.489. The quantitative estimate of drug-likeness (QED) is 0.461. The maximum Gasteiger partial charge on any atom is 0.160 e. The van der Waals surface area contributed by atoms with E-state index in [-0.39, 0.29) is 0 Å². The SMILES string of the molecule is COc1ccc(CCNCc2ccccc2OCc2cccc(Cl)c2)cc1OC. The zero-order chi connectivity index (χ0) is 20.5. The van der Waals surface area contributed by atoms with E-state index in [4.69, 9.17) is 25.8 Å². The predicted molar refractivity (Wildman–Crippen MR) is 117 cm³/mol. The van der Waals surface area contributed by atoms with E-state index in [0.717, 1.165) is 52.9 Å². The Morgan fingerprint density at radius 2 is 1.62 bits per heavy atom. The summed E-state index contributed by atoms with van der Waals surface area (Å²) < 4.78 is 16.7. The average Bonchev–Trinajstić information content (AvgIpc) is 2.75. The number of rotatable bonds is 10. The highest BCUT2D eigenvalue weighted by molar-refractivity contribution is 6.30. The molecule has 0 bridgehead atoms. The zero-order valence-corrected chi connectivity index (χ0v) is 17.5. The number of nitrogens with one attached hydrogen (secondary N) is 1. The molecule has 0 spiro atoms. The zero-order valence-electron chi connectivity index (χ0n) is 16.8. The molecule has 0 aliphatic heterocycles. The Morgan fingerprint density at radius 1 is 0.793 bits per heavy atom. The highest BCUT2D eigenvalue weighted by Crippen LogP contribution is 2.27. The number of para-hydroxylation sites is 1. The van der Waals surface area contributed by atoms with Crippen LogP contribution in [-0.4, -0.2) is 20.8 Å². The van der Waals surface area contributed by atoms with E-state index in [9.17, 15) is 0 Å². The van der Waals surface area contributed by atoms with Crippen LogP contribution in [0.2, 0.25) is 5.02 Å². The van der Waals surface area contributed by atoms with E-state index >= 15 is 0 Å². The molecule has 152 valence electrons. The Morgan fingerprint density at radius 3 is 2.41 bits per heavy atom. The molecular weight excluding hydrogens is 386 g/mol. The van der Waals surface area contributed by atoms with E-state index < -0.39 is 0 Å². The molecule has 0 aromatic heterocycles. The molecule has 0 aliphatic carbocycles. The second kappa shape index (κ2) is 10.7. The van der Waals surface area contributed by atoms with Gasteiger partial charge < -0.3 is 19.5 Å². The highest BCUT2D eigenvalue weighted by Gasteiger charge is 2.06. The number of halogens is 1. The van der Waals surface area contributed by atoms with E-state index in [0.29, 0.717) is 6.61 Å². The van der Waals surface area contributed by atoms with Crippen LogP contribution >= 0.6 is 11.6 Å². The Hall–Kier alpha value is -2.69. The molecule has 0 heterocycles. The molecule has 29 heavy (non-hydrogen) atoms. The summed E-state index contributed by atoms with van der Waals surface area (Å²) in [5.74, 6) is 2.38. The molecule has 3 rings (SSSR count). The summed E-state index contributed by atoms with van der Waals surface area (Å²) in [5.41, 5.74) is 3.37. The molecule has 0 aliphatic rings. The van der Waals surface area contributed by atoms with Crippen LogP contribution in [0.1, 0.15) is 16.7 Å². The lowest BCUT2D eigenvalue weighted by atomic mass is 10.1. The third kappa shape index (κ3) is 6.14. The Labute approximate surface area is 177 Å². The summed E-state index contributed by atoms with van der Waals surface area (Å²) in [4.78, 5) is 0. The molecule has 0 radical (unpaired) electrons. The van der Waals surface area contributed by atoms with Crippen molar-refractivity contribution in [1.29, 1.82) is 0 Å². The lowest BCUT2D eigenvalue weighted by Gasteiger charge is -2.13. The second-order valence-corrected chi connectivity index (χ2v) is 7.08. The summed E-state index contributed by atoms with van der Waals surface area (Å²) in [5, 5.41) is 4.21. The fraction of sp³-hybridized carbons (Fsp3) is 0.250. The van der Waals surface area contributed by atoms with Gasteiger partial charge >= 0.3 is 0 Å². The van der Waals surface area contributed by atoms with Gasteiger partial charge in [-0.05, 0) is 54.4 Å². The molecular formula is C24H26ClNO3. The topological polar surface area (TPSA) is 39.7 Å². The Balaban J connectivity index is 1.52. The monoisotopic (exact) mass is 411 g/mol. The first-order chi connectivity index (χ1) is 14.2. The van der Waals surface area contributed by atoms with Crippen LogP contribution in [0.15, 0.2) is 66.7 Å². The van der Waals surface area contributed by atoms with E-state index in [1.165, 1.54) is 5.56 Å². The van der Waals surface area contributed by atoms with Crippen LogP contribution in [0.4, 0.5) is 0 Å². The smallest absolute Gasteiger partial charge is 0.160 e. The van der Waals surface area contributed by atoms with Crippen LogP contribution in [-0.2, 0) is 19.6 Å². The van der Waals surface area contributed by atoms with Gasteiger partial charge in [0, 0.05) is 17.1 Å². The van der Waals surface area contributed by atoms with Crippen molar-refractivity contribution in [3.63, 3.8) is 0 Å². The fourth-order valence-corrected chi connectivity index (χ4v) is 3.28. The normalized spacial score (nSPS) is 10.6. The van der Waals surface area contributed by atoms with Crippen LogP contribution in [0.3, 0.4) is 0 Å². The summed E-state index contributed by atoms with van der Waals surface area (Å²) in [6.07, 6.45) is 0.895. The Kier molecular flexibility index (Phi) is 7.79. The lowest BCUT2D eigenvalue weighted by Crippen LogP contribution is -2.17. The van der Waals surface area contributed by atoms with Crippen LogP contribution < -0.4 is 19.5 Å². The molecule has 0 amide bonds. The van der Waals surface area contributed by atoms with Crippen molar-refractivity contribution >= 4 is 11.6 Å². The van der Waals surface area contributed by atoms with Crippen LogP contribution in [0.5, 0.6) is 17.2 Å². The second-order valence-electron chi connectivity index (χ2n) is 6.64. The van der Waals surface area contributed by atoms with E-state index in [1.54, 1.807) is 14.2 Å². The van der Waals surface area contributed by atoms with Gasteiger partial charge in [0.25, 0.3) is 0 Å². The van der Waals surface area contributed by atoms with Crippen molar-refractivity contribution in [1.82, 2.24) is 5.32 Å². The molecule has 0 atom stereocenters. The van der Waals surface area contributed by atoms with Gasteiger partial charge in [-0.25, -0.2) is 0 Å². The van der Waals surface area contributed by atoms with Crippen molar-refractivity contribution in [3.8, 4) is 17.2 Å². The lowest BCUT2D eigenvalue weighted by molar-refractivity contribution is 0.302. The summed E-state index contributed by atoms with van der Waals surface area (Å²) in [6.45, 7) is 2.07. The molecule has 3 aromatic carbocycles. The van der Waals surface area contributed by atoms with Crippen LogP contribution in [0, 0.1) is 0 Å². The first kappa shape index (κ1) is 21.0. The first-order valence-corrected chi connectivity index (χ1v) is 9.94. The number of benzene rings is 3. The standard InChI is InChI=1S/C24H26ClNO3/c1-27-23-11-10-18(15-24(23)28-2)12-13-26-16-20-7-3-4-9-22(20)29-17-19-6-5-8-21(25)14-19/h3-11,14-15,26H,12-13,16-17H2,1-2H3. The molecule has 0 unspecified atom stereocenters. The predicted octanol–water partition coefficient (Wildman–Crippen LogP) is 5.27. The average molecular weight is 412 g/mol. The maximum atomic E-state index is 6.05. The third-order valence-corrected chi connectivity index (χ3v) is 4.84. The molecule has 4 nitrogen and oxygen atoms in total. The van der Waals surface area contributed by atoms with E-state index in [2.05, 4.69) is 17.4 Å². The van der Waals surface area contributed by atoms with Crippen molar-refractivity contribution in [2.75, 3.05) is 20.8 Å². The molecule has 0 saturated carbocycles. The number of hydrogen-bond acceptors (Lipinski definition) is 4. The van der Waals surface area contributed by atoms with Crippen LogP contribution in [0.25, 0.3) is 0 Å². The number of ether oxygens (including phenoxy) is 3. The van der Waals surface area contributed by atoms with Gasteiger partial charge in [0.1, 0.15) is 12.4 Å². The molecule has 1 N–H and O–H groups in total. The first-order valence-electron chi connectivity index (χ1n) is 9.56. The number of hydrogen-bond donors (Lipinski definition) is 1. The molecule has 0 saturated heterocycles. The highest BCUT2D eigenvalue weighted by atomic mass is 35.5. The largest absolute Gasteiger partial charge is 0.493 e. The third-order valence-electron chi connectivity index (χ3n) is 4.61. The van der Waals surface area contributed by atoms with Crippen molar-refractivity contribution in [3.05, 3.63) is 88.4 Å². The van der Waals surface area contributed by atoms with Gasteiger partial charge in [-0.15, -0.1) is 0 Å². The maximum absolute atomic E-state index is 6.05. The van der Waals surface area contributed by atoms with Gasteiger partial charge in [0.15, 0.2) is 11.5 Å². The van der Waals surface area contributed by atoms with Gasteiger partial charge in [-0.2, -0.15) is 0 Å². The van der Waals surface area contributed by atoms with Gasteiger partial charge in [0.05, 0.1) is 14.2 Å². The summed E-state index contributed by atoms with van der Waals surface area (Å²) in [6, 6.07) is 21.8. The van der Waals surface area contributed by atoms with Crippen molar-refractivity contribution in [2.45, 2.75) is 19.6 Å². The minimum absolute atomic E-state index is 0.489. The van der Waals surface area contributed by atoms with Crippen molar-refractivity contribution in [2.24, 2.45) is 0 Å². The molecule has 3 aromatic rings. The van der Waals surface area contributed by atoms with Crippen molar-refractivity contribution < 1.29 is 14.2 Å². The summed E-state index contributed by atoms with van der Waals surface area (Å²) in [7, 11) is 3.30. The summed E-state index contributed by atoms with van der Waals surface area (Å²) >= 11 is 6.05. The number of methoxy groups -OCH3 is 2. The van der Waals surface area contributed by atoms with E-state index in [1.807, 2.05) is 54.6 Å². The van der Waals surface area contributed by atoms with Gasteiger partial charge in [-0.3, -0.25) is 0 Å². The molecule has 0 fully saturated rings. The van der Waals surface area contributed by atoms with Gasteiger partial charge in [-0.1, -0.05) is 48.0 Å². The van der Waals surface area contributed by atoms with Gasteiger partial charge in [0.2, 0.25) is 0 Å². The minimum Gasteiger partial charge on any atom is -0.493 e. The Bertz CT molecular complexity index is 930.